The van der Waals surface area contributed by atoms with Crippen LogP contribution in [0.3, 0.4) is 0 Å². The van der Waals surface area contributed by atoms with Gasteiger partial charge in [-0.1, -0.05) is 18.2 Å². The van der Waals surface area contributed by atoms with Crippen molar-refractivity contribution in [2.75, 3.05) is 20.2 Å². The quantitative estimate of drug-likeness (QED) is 0.805. The Morgan fingerprint density at radius 2 is 2.00 bits per heavy atom. The molecule has 0 saturated heterocycles. The van der Waals surface area contributed by atoms with Crippen molar-refractivity contribution in [1.29, 1.82) is 0 Å². The molecule has 0 heterocycles. The van der Waals surface area contributed by atoms with Crippen LogP contribution >= 0.6 is 0 Å². The first-order chi connectivity index (χ1) is 10.1. The number of hydrogen-bond donors (Lipinski definition) is 2. The monoisotopic (exact) mass is 291 g/mol. The first-order valence-electron chi connectivity index (χ1n) is 7.73. The van der Waals surface area contributed by atoms with Crippen molar-refractivity contribution in [3.63, 3.8) is 0 Å². The number of carbonyl (C=O) groups is 1. The first kappa shape index (κ1) is 16.0. The van der Waals surface area contributed by atoms with Gasteiger partial charge in [-0.25, -0.2) is 0 Å². The van der Waals surface area contributed by atoms with Gasteiger partial charge in [0, 0.05) is 12.6 Å². The molecule has 0 bridgehead atoms. The minimum absolute atomic E-state index is 0.0524. The van der Waals surface area contributed by atoms with Crippen molar-refractivity contribution in [2.45, 2.75) is 44.6 Å². The SMILES string of the molecule is CN(CCO)C(CC(=O)O)Cc1ccc2c(c1)CCCC2. The lowest BCUT2D eigenvalue weighted by Crippen LogP contribution is -2.37. The second kappa shape index (κ2) is 7.57. The molecule has 0 aromatic heterocycles. The van der Waals surface area contributed by atoms with E-state index in [4.69, 9.17) is 10.2 Å². The molecule has 4 nitrogen and oxygen atoms in total. The van der Waals surface area contributed by atoms with Crippen LogP contribution in [0.15, 0.2) is 18.2 Å². The largest absolute Gasteiger partial charge is 0.481 e. The van der Waals surface area contributed by atoms with E-state index in [-0.39, 0.29) is 19.1 Å². The number of benzene rings is 1. The highest BCUT2D eigenvalue weighted by atomic mass is 16.4. The fourth-order valence-electron chi connectivity index (χ4n) is 3.11. The summed E-state index contributed by atoms with van der Waals surface area (Å²) in [5.74, 6) is -0.789. The fraction of sp³-hybridized carbons (Fsp3) is 0.588. The second-order valence-electron chi connectivity index (χ2n) is 5.97. The number of carboxylic acid groups (broad SMARTS) is 1. The van der Waals surface area contributed by atoms with Gasteiger partial charge in [0.2, 0.25) is 0 Å². The molecule has 1 unspecified atom stereocenters. The smallest absolute Gasteiger partial charge is 0.304 e. The minimum atomic E-state index is -0.789. The lowest BCUT2D eigenvalue weighted by atomic mass is 9.89. The molecule has 0 amide bonds. The molecule has 1 aromatic rings. The van der Waals surface area contributed by atoms with E-state index in [1.165, 1.54) is 36.0 Å². The summed E-state index contributed by atoms with van der Waals surface area (Å²) < 4.78 is 0. The fourth-order valence-corrected chi connectivity index (χ4v) is 3.11. The molecule has 0 fully saturated rings. The van der Waals surface area contributed by atoms with Crippen LogP contribution in [-0.2, 0) is 24.1 Å². The lowest BCUT2D eigenvalue weighted by molar-refractivity contribution is -0.138. The zero-order valence-corrected chi connectivity index (χ0v) is 12.7. The Bertz CT molecular complexity index is 487. The molecule has 4 heteroatoms. The average molecular weight is 291 g/mol. The minimum Gasteiger partial charge on any atom is -0.481 e. The van der Waals surface area contributed by atoms with Crippen molar-refractivity contribution in [2.24, 2.45) is 0 Å². The lowest BCUT2D eigenvalue weighted by Gasteiger charge is -2.27. The van der Waals surface area contributed by atoms with Crippen molar-refractivity contribution in [3.05, 3.63) is 34.9 Å². The number of aliphatic carboxylic acids is 1. The molecular weight excluding hydrogens is 266 g/mol. The number of fused-ring (bicyclic) bond motifs is 1. The summed E-state index contributed by atoms with van der Waals surface area (Å²) in [5.41, 5.74) is 4.08. The van der Waals surface area contributed by atoms with Crippen molar-refractivity contribution >= 4 is 5.97 Å². The molecule has 0 spiro atoms. The highest BCUT2D eigenvalue weighted by Crippen LogP contribution is 2.23. The second-order valence-corrected chi connectivity index (χ2v) is 5.97. The number of hydrogen-bond acceptors (Lipinski definition) is 3. The van der Waals surface area contributed by atoms with E-state index in [9.17, 15) is 4.79 Å². The van der Waals surface area contributed by atoms with E-state index < -0.39 is 5.97 Å². The van der Waals surface area contributed by atoms with Crippen LogP contribution in [-0.4, -0.2) is 47.3 Å². The third kappa shape index (κ3) is 4.55. The van der Waals surface area contributed by atoms with Crippen LogP contribution < -0.4 is 0 Å². The molecule has 2 rings (SSSR count). The van der Waals surface area contributed by atoms with E-state index in [0.29, 0.717) is 6.54 Å². The van der Waals surface area contributed by atoms with Crippen LogP contribution in [0.4, 0.5) is 0 Å². The van der Waals surface area contributed by atoms with E-state index in [1.54, 1.807) is 0 Å². The molecule has 2 N–H and O–H groups in total. The third-order valence-electron chi connectivity index (χ3n) is 4.37. The number of aliphatic hydroxyl groups excluding tert-OH is 1. The van der Waals surface area contributed by atoms with Gasteiger partial charge in [0.25, 0.3) is 0 Å². The Morgan fingerprint density at radius 1 is 1.29 bits per heavy atom. The molecule has 1 aromatic carbocycles. The van der Waals surface area contributed by atoms with E-state index >= 15 is 0 Å². The summed E-state index contributed by atoms with van der Waals surface area (Å²) in [5, 5.41) is 18.1. The van der Waals surface area contributed by atoms with Gasteiger partial charge in [-0.15, -0.1) is 0 Å². The van der Waals surface area contributed by atoms with Gasteiger partial charge in [0.05, 0.1) is 13.0 Å². The molecule has 21 heavy (non-hydrogen) atoms. The van der Waals surface area contributed by atoms with Gasteiger partial charge in [-0.05, 0) is 55.8 Å². The van der Waals surface area contributed by atoms with E-state index in [1.807, 2.05) is 11.9 Å². The Balaban J connectivity index is 2.09. The molecule has 0 aliphatic heterocycles. The molecular formula is C17H25NO3. The predicted molar refractivity (Wildman–Crippen MR) is 82.5 cm³/mol. The van der Waals surface area contributed by atoms with Gasteiger partial charge in [0.1, 0.15) is 0 Å². The standard InChI is InChI=1S/C17H25NO3/c1-18(8-9-19)16(12-17(20)21)11-13-6-7-14-4-2-3-5-15(14)10-13/h6-7,10,16,19H,2-5,8-9,11-12H2,1H3,(H,20,21). The Kier molecular flexibility index (Phi) is 5.76. The number of nitrogens with zero attached hydrogens (tertiary/aromatic N) is 1. The van der Waals surface area contributed by atoms with Crippen molar-refractivity contribution in [3.8, 4) is 0 Å². The number of likely N-dealkylation sites (N-methyl/N-ethyl adjacent to an activating group) is 1. The first-order valence-corrected chi connectivity index (χ1v) is 7.73. The number of carboxylic acids is 1. The van der Waals surface area contributed by atoms with Crippen LogP contribution in [0.2, 0.25) is 0 Å². The Morgan fingerprint density at radius 3 is 2.67 bits per heavy atom. The molecule has 0 saturated carbocycles. The third-order valence-corrected chi connectivity index (χ3v) is 4.37. The number of rotatable bonds is 7. The molecule has 0 radical (unpaired) electrons. The number of aliphatic hydroxyl groups is 1. The van der Waals surface area contributed by atoms with Gasteiger partial charge >= 0.3 is 5.97 Å². The van der Waals surface area contributed by atoms with Gasteiger partial charge < -0.3 is 15.1 Å². The summed E-state index contributed by atoms with van der Waals surface area (Å²) in [6, 6.07) is 6.51. The van der Waals surface area contributed by atoms with Crippen LogP contribution in [0, 0.1) is 0 Å². The molecule has 1 atom stereocenters. The van der Waals surface area contributed by atoms with E-state index in [2.05, 4.69) is 18.2 Å². The highest BCUT2D eigenvalue weighted by Gasteiger charge is 2.19. The van der Waals surface area contributed by atoms with Crippen molar-refractivity contribution < 1.29 is 15.0 Å². The zero-order valence-electron chi connectivity index (χ0n) is 12.7. The van der Waals surface area contributed by atoms with Gasteiger partial charge in [0.15, 0.2) is 0 Å². The average Bonchev–Trinajstić information content (AvgIpc) is 2.46. The summed E-state index contributed by atoms with van der Waals surface area (Å²) in [4.78, 5) is 13.0. The summed E-state index contributed by atoms with van der Waals surface area (Å²) >= 11 is 0. The molecule has 1 aliphatic rings. The Labute approximate surface area is 126 Å². The number of aryl methyl sites for hydroxylation is 2. The van der Waals surface area contributed by atoms with Crippen molar-refractivity contribution in [1.82, 2.24) is 4.90 Å². The van der Waals surface area contributed by atoms with Crippen LogP contribution in [0.25, 0.3) is 0 Å². The maximum Gasteiger partial charge on any atom is 0.304 e. The Hall–Kier alpha value is -1.39. The van der Waals surface area contributed by atoms with Gasteiger partial charge in [-0.3, -0.25) is 4.79 Å². The topological polar surface area (TPSA) is 60.8 Å². The van der Waals surface area contributed by atoms with E-state index in [0.717, 1.165) is 12.8 Å². The maximum absolute atomic E-state index is 11.1. The summed E-state index contributed by atoms with van der Waals surface area (Å²) in [6.07, 6.45) is 5.65. The zero-order chi connectivity index (χ0) is 15.2. The normalized spacial score (nSPS) is 15.8. The van der Waals surface area contributed by atoms with Crippen LogP contribution in [0.5, 0.6) is 0 Å². The summed E-state index contributed by atoms with van der Waals surface area (Å²) in [6.45, 7) is 0.555. The molecule has 116 valence electrons. The predicted octanol–water partition coefficient (Wildman–Crippen LogP) is 1.88. The van der Waals surface area contributed by atoms with Crippen LogP contribution in [0.1, 0.15) is 36.0 Å². The summed E-state index contributed by atoms with van der Waals surface area (Å²) in [7, 11) is 1.88. The highest BCUT2D eigenvalue weighted by molar-refractivity contribution is 5.67. The maximum atomic E-state index is 11.1. The molecule has 1 aliphatic carbocycles. The van der Waals surface area contributed by atoms with Gasteiger partial charge in [-0.2, -0.15) is 0 Å².